The Balaban J connectivity index is 2.53. The maximum atomic E-state index is 11.1. The van der Waals surface area contributed by atoms with E-state index >= 15 is 0 Å². The van der Waals surface area contributed by atoms with Crippen LogP contribution in [0.25, 0.3) is 0 Å². The maximum Gasteiger partial charge on any atom is 0.274 e. The van der Waals surface area contributed by atoms with Gasteiger partial charge in [0.2, 0.25) is 0 Å². The molecule has 0 bridgehead atoms. The van der Waals surface area contributed by atoms with Gasteiger partial charge < -0.3 is 20.3 Å². The summed E-state index contributed by atoms with van der Waals surface area (Å²) < 4.78 is 5.05. The van der Waals surface area contributed by atoms with Gasteiger partial charge in [-0.1, -0.05) is 18.2 Å². The molecule has 140 valence electrons. The molecule has 0 aromatic heterocycles. The summed E-state index contributed by atoms with van der Waals surface area (Å²) in [6.45, 7) is 6.32. The van der Waals surface area contributed by atoms with Gasteiger partial charge in [0.1, 0.15) is 0 Å². The van der Waals surface area contributed by atoms with E-state index in [2.05, 4.69) is 27.6 Å². The summed E-state index contributed by atoms with van der Waals surface area (Å²) in [5.74, 6) is 0.658. The first kappa shape index (κ1) is 20.9. The van der Waals surface area contributed by atoms with Gasteiger partial charge in [-0.2, -0.15) is 0 Å². The van der Waals surface area contributed by atoms with E-state index in [-0.39, 0.29) is 17.2 Å². The zero-order valence-electron chi connectivity index (χ0n) is 15.3. The van der Waals surface area contributed by atoms with Crippen LogP contribution >= 0.6 is 0 Å². The molecule has 8 nitrogen and oxygen atoms in total. The quantitative estimate of drug-likeness (QED) is 0.207. The second-order valence-electron chi connectivity index (χ2n) is 5.66. The summed E-state index contributed by atoms with van der Waals surface area (Å²) in [5, 5.41) is 17.5. The van der Waals surface area contributed by atoms with Gasteiger partial charge in [0.25, 0.3) is 5.69 Å². The fraction of sp³-hybridized carbons (Fsp3) is 0.588. The molecule has 1 aromatic carbocycles. The summed E-state index contributed by atoms with van der Waals surface area (Å²) in [4.78, 5) is 17.4. The van der Waals surface area contributed by atoms with E-state index in [0.717, 1.165) is 39.2 Å². The molecule has 1 rings (SSSR count). The van der Waals surface area contributed by atoms with Gasteiger partial charge in [0.15, 0.2) is 5.96 Å². The summed E-state index contributed by atoms with van der Waals surface area (Å²) in [6, 6.07) is 6.68. The number of nitrogens with zero attached hydrogens (tertiary/aromatic N) is 3. The van der Waals surface area contributed by atoms with Gasteiger partial charge in [-0.15, -0.1) is 0 Å². The molecule has 0 aliphatic heterocycles. The normalized spacial score (nSPS) is 11.6. The number of ether oxygens (including phenoxy) is 1. The van der Waals surface area contributed by atoms with Gasteiger partial charge in [0, 0.05) is 46.0 Å². The van der Waals surface area contributed by atoms with E-state index in [1.807, 2.05) is 6.92 Å². The highest BCUT2D eigenvalue weighted by atomic mass is 16.6. The molecule has 0 fully saturated rings. The van der Waals surface area contributed by atoms with Crippen molar-refractivity contribution in [1.29, 1.82) is 0 Å². The van der Waals surface area contributed by atoms with E-state index in [4.69, 9.17) is 4.74 Å². The van der Waals surface area contributed by atoms with Crippen LogP contribution in [0.5, 0.6) is 0 Å². The molecule has 0 aliphatic rings. The van der Waals surface area contributed by atoms with Gasteiger partial charge >= 0.3 is 0 Å². The molecule has 1 aromatic rings. The Morgan fingerprint density at radius 1 is 1.32 bits per heavy atom. The van der Waals surface area contributed by atoms with Crippen molar-refractivity contribution in [1.82, 2.24) is 15.5 Å². The van der Waals surface area contributed by atoms with Gasteiger partial charge in [-0.05, 0) is 20.4 Å². The van der Waals surface area contributed by atoms with Crippen molar-refractivity contribution in [3.8, 4) is 0 Å². The first-order valence-corrected chi connectivity index (χ1v) is 8.50. The minimum atomic E-state index is -0.375. The van der Waals surface area contributed by atoms with Crippen molar-refractivity contribution in [2.75, 3.05) is 46.9 Å². The summed E-state index contributed by atoms with van der Waals surface area (Å²) in [5.41, 5.74) is 0.696. The molecule has 2 N–H and O–H groups in total. The van der Waals surface area contributed by atoms with Crippen molar-refractivity contribution in [2.24, 2.45) is 4.99 Å². The second kappa shape index (κ2) is 12.2. The fourth-order valence-corrected chi connectivity index (χ4v) is 2.28. The van der Waals surface area contributed by atoms with Gasteiger partial charge in [0.05, 0.1) is 17.0 Å². The molecule has 8 heteroatoms. The van der Waals surface area contributed by atoms with Crippen LogP contribution in [-0.4, -0.2) is 62.7 Å². The second-order valence-corrected chi connectivity index (χ2v) is 5.66. The Labute approximate surface area is 149 Å². The van der Waals surface area contributed by atoms with Crippen LogP contribution in [0.3, 0.4) is 0 Å². The highest BCUT2D eigenvalue weighted by molar-refractivity contribution is 5.79. The van der Waals surface area contributed by atoms with Crippen molar-refractivity contribution in [3.05, 3.63) is 39.9 Å². The molecular formula is C17H29N5O3. The molecule has 0 aliphatic carbocycles. The largest absolute Gasteiger partial charge is 0.385 e. The van der Waals surface area contributed by atoms with Crippen LogP contribution in [0.1, 0.15) is 18.9 Å². The number of hydrogen-bond acceptors (Lipinski definition) is 5. The molecule has 0 amide bonds. The lowest BCUT2D eigenvalue weighted by atomic mass is 10.2. The van der Waals surface area contributed by atoms with Crippen LogP contribution < -0.4 is 10.6 Å². The van der Waals surface area contributed by atoms with Crippen LogP contribution in [0, 0.1) is 10.1 Å². The van der Waals surface area contributed by atoms with Crippen LogP contribution in [0.4, 0.5) is 5.69 Å². The van der Waals surface area contributed by atoms with E-state index in [1.165, 1.54) is 6.07 Å². The third-order valence-corrected chi connectivity index (χ3v) is 3.61. The van der Waals surface area contributed by atoms with E-state index < -0.39 is 0 Å². The number of guanidine groups is 1. The zero-order valence-corrected chi connectivity index (χ0v) is 15.3. The van der Waals surface area contributed by atoms with Crippen LogP contribution in [-0.2, 0) is 11.3 Å². The number of aliphatic imine (C=N–C) groups is 1. The number of nitrogens with one attached hydrogen (secondary N) is 2. The molecule has 0 saturated heterocycles. The predicted octanol–water partition coefficient (Wildman–Crippen LogP) is 1.62. The number of nitro groups is 1. The zero-order chi connectivity index (χ0) is 18.5. The fourth-order valence-electron chi connectivity index (χ4n) is 2.28. The molecule has 0 heterocycles. The number of rotatable bonds is 11. The smallest absolute Gasteiger partial charge is 0.274 e. The SMILES string of the molecule is CCNC(=NCc1ccccc1[N+](=O)[O-])NCCN(C)CCCOC. The number of nitro benzene ring substituents is 1. The first-order valence-electron chi connectivity index (χ1n) is 8.50. The minimum Gasteiger partial charge on any atom is -0.385 e. The molecular weight excluding hydrogens is 322 g/mol. The lowest BCUT2D eigenvalue weighted by Crippen LogP contribution is -2.41. The Bertz CT molecular complexity index is 551. The average molecular weight is 351 g/mol. The number of hydrogen-bond donors (Lipinski definition) is 2. The van der Waals surface area contributed by atoms with Crippen molar-refractivity contribution in [3.63, 3.8) is 0 Å². The number of likely N-dealkylation sites (N-methyl/N-ethyl adjacent to an activating group) is 1. The Morgan fingerprint density at radius 3 is 2.76 bits per heavy atom. The monoisotopic (exact) mass is 351 g/mol. The topological polar surface area (TPSA) is 92.0 Å². The Hall–Kier alpha value is -2.19. The predicted molar refractivity (Wildman–Crippen MR) is 99.9 cm³/mol. The van der Waals surface area contributed by atoms with Gasteiger partial charge in [-0.25, -0.2) is 4.99 Å². The number of methoxy groups -OCH3 is 1. The molecule has 0 unspecified atom stereocenters. The number of para-hydroxylation sites is 1. The van der Waals surface area contributed by atoms with Crippen LogP contribution in [0.15, 0.2) is 29.3 Å². The highest BCUT2D eigenvalue weighted by Gasteiger charge is 2.11. The summed E-state index contributed by atoms with van der Waals surface area (Å²) >= 11 is 0. The number of benzene rings is 1. The van der Waals surface area contributed by atoms with E-state index in [0.29, 0.717) is 11.5 Å². The highest BCUT2D eigenvalue weighted by Crippen LogP contribution is 2.18. The van der Waals surface area contributed by atoms with Crippen LogP contribution in [0.2, 0.25) is 0 Å². The third kappa shape index (κ3) is 8.46. The van der Waals surface area contributed by atoms with E-state index in [9.17, 15) is 10.1 Å². The lowest BCUT2D eigenvalue weighted by Gasteiger charge is -2.18. The molecule has 0 atom stereocenters. The maximum absolute atomic E-state index is 11.1. The van der Waals surface area contributed by atoms with Gasteiger partial charge in [-0.3, -0.25) is 10.1 Å². The first-order chi connectivity index (χ1) is 12.1. The minimum absolute atomic E-state index is 0.0972. The van der Waals surface area contributed by atoms with Crippen molar-refractivity contribution < 1.29 is 9.66 Å². The van der Waals surface area contributed by atoms with Crippen molar-refractivity contribution in [2.45, 2.75) is 19.9 Å². The average Bonchev–Trinajstić information content (AvgIpc) is 2.60. The Kier molecular flexibility index (Phi) is 10.2. The standard InChI is InChI=1S/C17H29N5O3/c1-4-18-17(19-10-12-21(2)11-7-13-25-3)20-14-15-8-5-6-9-16(15)22(23)24/h5-6,8-9H,4,7,10-14H2,1-3H3,(H2,18,19,20). The molecule has 0 spiro atoms. The Morgan fingerprint density at radius 2 is 2.08 bits per heavy atom. The van der Waals surface area contributed by atoms with E-state index in [1.54, 1.807) is 25.3 Å². The summed E-state index contributed by atoms with van der Waals surface area (Å²) in [7, 11) is 3.77. The van der Waals surface area contributed by atoms with Crippen molar-refractivity contribution >= 4 is 11.6 Å². The lowest BCUT2D eigenvalue weighted by molar-refractivity contribution is -0.385. The molecule has 25 heavy (non-hydrogen) atoms. The third-order valence-electron chi connectivity index (χ3n) is 3.61. The molecule has 0 saturated carbocycles. The summed E-state index contributed by atoms with van der Waals surface area (Å²) in [6.07, 6.45) is 0.999. The molecule has 0 radical (unpaired) electrons.